The van der Waals surface area contributed by atoms with E-state index in [1.54, 1.807) is 0 Å². The normalized spacial score (nSPS) is 12.4. The molecule has 0 heterocycles. The Morgan fingerprint density at radius 2 is 1.89 bits per heavy atom. The summed E-state index contributed by atoms with van der Waals surface area (Å²) in [7, 11) is 0. The third-order valence-corrected chi connectivity index (χ3v) is 2.81. The fourth-order valence-corrected chi connectivity index (χ4v) is 1.71. The van der Waals surface area contributed by atoms with Gasteiger partial charge in [0, 0.05) is 5.69 Å². The fraction of sp³-hybridized carbons (Fsp3) is 0.200. The molecular formula is C10H9Cl3FN3OS. The summed E-state index contributed by atoms with van der Waals surface area (Å²) >= 11 is 21.9. The maximum atomic E-state index is 12.7. The van der Waals surface area contributed by atoms with Crippen molar-refractivity contribution in [1.29, 1.82) is 0 Å². The molecule has 19 heavy (non-hydrogen) atoms. The minimum Gasteiger partial charge on any atom is -0.339 e. The topological polar surface area (TPSA) is 53.2 Å². The van der Waals surface area contributed by atoms with E-state index in [2.05, 4.69) is 16.0 Å². The maximum absolute atomic E-state index is 12.7. The van der Waals surface area contributed by atoms with Crippen LogP contribution in [-0.2, 0) is 4.79 Å². The second kappa shape index (κ2) is 7.09. The van der Waals surface area contributed by atoms with Crippen LogP contribution in [0.5, 0.6) is 0 Å². The monoisotopic (exact) mass is 343 g/mol. The van der Waals surface area contributed by atoms with Gasteiger partial charge in [-0.15, -0.1) is 0 Å². The number of hydrogen-bond acceptors (Lipinski definition) is 2. The molecule has 0 spiro atoms. The van der Waals surface area contributed by atoms with Crippen LogP contribution in [0.1, 0.15) is 0 Å². The van der Waals surface area contributed by atoms with Gasteiger partial charge in [-0.2, -0.15) is 0 Å². The summed E-state index contributed by atoms with van der Waals surface area (Å²) < 4.78 is 10.9. The standard InChI is InChI=1S/C10H9Cl3FN3OS/c11-10(12,13)8(15-5-18)17-9(19)16-7-3-1-6(14)2-4-7/h1-5,8H,(H,15,18)(H2,16,17,19). The van der Waals surface area contributed by atoms with Gasteiger partial charge in [-0.1, -0.05) is 34.8 Å². The number of alkyl halides is 3. The van der Waals surface area contributed by atoms with E-state index in [-0.39, 0.29) is 10.9 Å². The first-order valence-electron chi connectivity index (χ1n) is 4.92. The Hall–Kier alpha value is -0.820. The Balaban J connectivity index is 2.62. The summed E-state index contributed by atoms with van der Waals surface area (Å²) in [6.45, 7) is 0. The van der Waals surface area contributed by atoms with Gasteiger partial charge in [0.15, 0.2) is 5.11 Å². The summed E-state index contributed by atoms with van der Waals surface area (Å²) in [6.07, 6.45) is -0.629. The average molecular weight is 345 g/mol. The molecule has 0 aliphatic rings. The van der Waals surface area contributed by atoms with Gasteiger partial charge in [-0.3, -0.25) is 4.79 Å². The highest BCUT2D eigenvalue weighted by atomic mass is 35.6. The second-order valence-electron chi connectivity index (χ2n) is 3.36. The molecule has 0 saturated heterocycles. The van der Waals surface area contributed by atoms with Gasteiger partial charge in [-0.05, 0) is 36.5 Å². The Morgan fingerprint density at radius 3 is 2.37 bits per heavy atom. The molecular weight excluding hydrogens is 336 g/mol. The van der Waals surface area contributed by atoms with E-state index < -0.39 is 9.96 Å². The van der Waals surface area contributed by atoms with E-state index in [9.17, 15) is 9.18 Å². The SMILES string of the molecule is O=CNC(NC(=S)Nc1ccc(F)cc1)C(Cl)(Cl)Cl. The van der Waals surface area contributed by atoms with Gasteiger partial charge in [0.1, 0.15) is 12.0 Å². The molecule has 0 saturated carbocycles. The van der Waals surface area contributed by atoms with Crippen LogP contribution in [0.4, 0.5) is 10.1 Å². The molecule has 1 unspecified atom stereocenters. The molecule has 1 amide bonds. The van der Waals surface area contributed by atoms with Crippen LogP contribution in [-0.4, -0.2) is 21.5 Å². The molecule has 1 aromatic carbocycles. The summed E-state index contributed by atoms with van der Waals surface area (Å²) in [5, 5.41) is 7.74. The van der Waals surface area contributed by atoms with Gasteiger partial charge in [0.25, 0.3) is 0 Å². The lowest BCUT2D eigenvalue weighted by molar-refractivity contribution is -0.110. The summed E-state index contributed by atoms with van der Waals surface area (Å²) in [6, 6.07) is 5.50. The van der Waals surface area contributed by atoms with Crippen LogP contribution < -0.4 is 16.0 Å². The highest BCUT2D eigenvalue weighted by Gasteiger charge is 2.32. The molecule has 0 fully saturated rings. The smallest absolute Gasteiger partial charge is 0.228 e. The number of hydrogen-bond donors (Lipinski definition) is 3. The first-order valence-corrected chi connectivity index (χ1v) is 6.46. The number of halogens is 4. The first kappa shape index (κ1) is 16.2. The number of carbonyl (C=O) groups is 1. The van der Waals surface area contributed by atoms with Gasteiger partial charge < -0.3 is 16.0 Å². The predicted octanol–water partition coefficient (Wildman–Crippen LogP) is 2.55. The molecule has 104 valence electrons. The van der Waals surface area contributed by atoms with Gasteiger partial charge >= 0.3 is 0 Å². The van der Waals surface area contributed by atoms with Crippen molar-refractivity contribution in [3.8, 4) is 0 Å². The number of rotatable bonds is 4. The number of nitrogens with one attached hydrogen (secondary N) is 3. The lowest BCUT2D eigenvalue weighted by atomic mass is 10.3. The largest absolute Gasteiger partial charge is 0.339 e. The van der Waals surface area contributed by atoms with Crippen LogP contribution >= 0.6 is 47.0 Å². The highest BCUT2D eigenvalue weighted by Crippen LogP contribution is 2.28. The van der Waals surface area contributed by atoms with E-state index in [0.29, 0.717) is 12.1 Å². The van der Waals surface area contributed by atoms with Crippen LogP contribution in [0.3, 0.4) is 0 Å². The van der Waals surface area contributed by atoms with Crippen LogP contribution in [0.15, 0.2) is 24.3 Å². The molecule has 4 nitrogen and oxygen atoms in total. The number of benzene rings is 1. The summed E-state index contributed by atoms with van der Waals surface area (Å²) in [5.74, 6) is -0.369. The average Bonchev–Trinajstić information content (AvgIpc) is 2.30. The number of carbonyl (C=O) groups excluding carboxylic acids is 1. The fourth-order valence-electron chi connectivity index (χ4n) is 1.12. The summed E-state index contributed by atoms with van der Waals surface area (Å²) in [5.41, 5.74) is 0.549. The zero-order valence-corrected chi connectivity index (χ0v) is 12.4. The molecule has 9 heteroatoms. The Kier molecular flexibility index (Phi) is 6.06. The van der Waals surface area contributed by atoms with E-state index >= 15 is 0 Å². The van der Waals surface area contributed by atoms with Crippen molar-refractivity contribution in [2.24, 2.45) is 0 Å². The Bertz CT molecular complexity index is 452. The zero-order chi connectivity index (χ0) is 14.5. The molecule has 3 N–H and O–H groups in total. The van der Waals surface area contributed by atoms with Crippen molar-refractivity contribution in [1.82, 2.24) is 10.6 Å². The molecule has 0 aliphatic heterocycles. The van der Waals surface area contributed by atoms with Crippen molar-refractivity contribution in [3.63, 3.8) is 0 Å². The quantitative estimate of drug-likeness (QED) is 0.340. The van der Waals surface area contributed by atoms with E-state index in [1.165, 1.54) is 24.3 Å². The second-order valence-corrected chi connectivity index (χ2v) is 6.14. The molecule has 1 aromatic rings. The maximum Gasteiger partial charge on any atom is 0.228 e. The first-order chi connectivity index (χ1) is 8.82. The van der Waals surface area contributed by atoms with Crippen LogP contribution in [0.2, 0.25) is 0 Å². The number of amides is 1. The minimum absolute atomic E-state index is 0.109. The van der Waals surface area contributed by atoms with E-state index in [1.807, 2.05) is 0 Å². The van der Waals surface area contributed by atoms with Gasteiger partial charge in [-0.25, -0.2) is 4.39 Å². The van der Waals surface area contributed by atoms with Crippen molar-refractivity contribution in [3.05, 3.63) is 30.1 Å². The lowest BCUT2D eigenvalue weighted by Crippen LogP contribution is -2.53. The molecule has 1 atom stereocenters. The van der Waals surface area contributed by atoms with Crippen molar-refractivity contribution in [2.45, 2.75) is 9.96 Å². The summed E-state index contributed by atoms with van der Waals surface area (Å²) in [4.78, 5) is 10.4. The van der Waals surface area contributed by atoms with E-state index in [0.717, 1.165) is 0 Å². The zero-order valence-electron chi connectivity index (χ0n) is 9.29. The van der Waals surface area contributed by atoms with Crippen LogP contribution in [0.25, 0.3) is 0 Å². The van der Waals surface area contributed by atoms with Crippen molar-refractivity contribution >= 4 is 64.2 Å². The molecule has 0 bridgehead atoms. The predicted molar refractivity (Wildman–Crippen MR) is 79.0 cm³/mol. The Labute approximate surface area is 129 Å². The van der Waals surface area contributed by atoms with Gasteiger partial charge in [0.2, 0.25) is 10.2 Å². The molecule has 0 aromatic heterocycles. The molecule has 1 rings (SSSR count). The third kappa shape index (κ3) is 5.78. The third-order valence-electron chi connectivity index (χ3n) is 1.94. The molecule has 0 aliphatic carbocycles. The van der Waals surface area contributed by atoms with Crippen LogP contribution in [0, 0.1) is 5.82 Å². The highest BCUT2D eigenvalue weighted by molar-refractivity contribution is 7.80. The van der Waals surface area contributed by atoms with Crippen molar-refractivity contribution < 1.29 is 9.18 Å². The minimum atomic E-state index is -1.78. The number of anilines is 1. The Morgan fingerprint density at radius 1 is 1.32 bits per heavy atom. The van der Waals surface area contributed by atoms with Gasteiger partial charge in [0.05, 0.1) is 0 Å². The lowest BCUT2D eigenvalue weighted by Gasteiger charge is -2.26. The van der Waals surface area contributed by atoms with Crippen molar-refractivity contribution in [2.75, 3.05) is 5.32 Å². The molecule has 0 radical (unpaired) electrons. The van der Waals surface area contributed by atoms with E-state index in [4.69, 9.17) is 47.0 Å². The number of thiocarbonyl (C=S) groups is 1.